The number of rotatable bonds is 2. The fourth-order valence-electron chi connectivity index (χ4n) is 2.47. The van der Waals surface area contributed by atoms with E-state index in [1.165, 1.54) is 19.0 Å². The number of Topliss-reactive ketones (excluding diaryl/α,β-unsaturated/α-hetero) is 1. The van der Waals surface area contributed by atoms with E-state index in [0.717, 1.165) is 0 Å². The summed E-state index contributed by atoms with van der Waals surface area (Å²) in [6.07, 6.45) is 0.229. The number of ketones is 1. The fraction of sp³-hybridized carbons (Fsp3) is 0.385. The first kappa shape index (κ1) is 15.1. The minimum absolute atomic E-state index is 0.0857. The summed E-state index contributed by atoms with van der Waals surface area (Å²) in [5.74, 6) is 4.88. The molecule has 0 saturated heterocycles. The number of hydrazine groups is 1. The zero-order valence-electron chi connectivity index (χ0n) is 11.0. The number of ether oxygens (including phenoxy) is 1. The van der Waals surface area contributed by atoms with E-state index < -0.39 is 17.9 Å². The highest BCUT2D eigenvalue weighted by atomic mass is 35.5. The van der Waals surface area contributed by atoms with Gasteiger partial charge in [0.05, 0.1) is 12.8 Å². The standard InChI is InChI=1S/C13H14Cl2N2O3/c1-6(18)8-5-11(13(19)20-2)17(16)10-4-7(14)3-9(15)12(8)10/h3-4,8,11H,5,16H2,1-2H3/t8-,11-/m1/s1. The smallest absolute Gasteiger partial charge is 0.330 e. The Morgan fingerprint density at radius 1 is 1.40 bits per heavy atom. The van der Waals surface area contributed by atoms with E-state index in [1.54, 1.807) is 12.1 Å². The van der Waals surface area contributed by atoms with E-state index in [0.29, 0.717) is 21.3 Å². The van der Waals surface area contributed by atoms with E-state index in [2.05, 4.69) is 0 Å². The van der Waals surface area contributed by atoms with Gasteiger partial charge in [0.2, 0.25) is 0 Å². The lowest BCUT2D eigenvalue weighted by atomic mass is 9.84. The molecule has 0 unspecified atom stereocenters. The quantitative estimate of drug-likeness (QED) is 0.669. The molecule has 0 radical (unpaired) electrons. The third-order valence-corrected chi connectivity index (χ3v) is 3.99. The van der Waals surface area contributed by atoms with Crippen molar-refractivity contribution in [3.05, 3.63) is 27.7 Å². The van der Waals surface area contributed by atoms with Crippen LogP contribution in [0.15, 0.2) is 12.1 Å². The summed E-state index contributed by atoms with van der Waals surface area (Å²) < 4.78 is 4.73. The van der Waals surface area contributed by atoms with Gasteiger partial charge in [-0.1, -0.05) is 23.2 Å². The molecule has 7 heteroatoms. The summed E-state index contributed by atoms with van der Waals surface area (Å²) >= 11 is 12.1. The normalized spacial score (nSPS) is 21.4. The van der Waals surface area contributed by atoms with Crippen molar-refractivity contribution in [3.63, 3.8) is 0 Å². The van der Waals surface area contributed by atoms with Gasteiger partial charge in [-0.3, -0.25) is 9.80 Å². The van der Waals surface area contributed by atoms with E-state index in [4.69, 9.17) is 33.8 Å². The molecule has 1 aromatic rings. The second-order valence-corrected chi connectivity index (χ2v) is 5.51. The molecule has 1 aliphatic heterocycles. The second kappa shape index (κ2) is 5.60. The number of nitrogens with two attached hydrogens (primary N) is 1. The van der Waals surface area contributed by atoms with Gasteiger partial charge in [-0.2, -0.15) is 0 Å². The molecule has 1 aromatic carbocycles. The van der Waals surface area contributed by atoms with Crippen molar-refractivity contribution in [1.82, 2.24) is 0 Å². The number of hydrogen-bond donors (Lipinski definition) is 1. The third-order valence-electron chi connectivity index (χ3n) is 3.46. The molecule has 0 aliphatic carbocycles. The van der Waals surface area contributed by atoms with Crippen molar-refractivity contribution < 1.29 is 14.3 Å². The number of fused-ring (bicyclic) bond motifs is 1. The number of halogens is 2. The minimum atomic E-state index is -0.740. The van der Waals surface area contributed by atoms with Gasteiger partial charge in [0, 0.05) is 21.5 Å². The number of esters is 1. The Bertz CT molecular complexity index is 577. The molecule has 0 spiro atoms. The monoisotopic (exact) mass is 316 g/mol. The maximum atomic E-state index is 11.9. The van der Waals surface area contributed by atoms with Crippen LogP contribution >= 0.6 is 23.2 Å². The summed E-state index contributed by atoms with van der Waals surface area (Å²) in [5.41, 5.74) is 1.08. The molecule has 0 bridgehead atoms. The van der Waals surface area contributed by atoms with Crippen LogP contribution in [0, 0.1) is 0 Å². The average molecular weight is 317 g/mol. The number of nitrogens with zero attached hydrogens (tertiary/aromatic N) is 1. The van der Waals surface area contributed by atoms with Crippen molar-refractivity contribution in [2.45, 2.75) is 25.3 Å². The van der Waals surface area contributed by atoms with Gasteiger partial charge in [0.15, 0.2) is 0 Å². The zero-order valence-corrected chi connectivity index (χ0v) is 12.5. The lowest BCUT2D eigenvalue weighted by Gasteiger charge is -2.37. The topological polar surface area (TPSA) is 72.6 Å². The lowest BCUT2D eigenvalue weighted by Crippen LogP contribution is -2.51. The zero-order chi connectivity index (χ0) is 15.0. The Hall–Kier alpha value is -1.30. The van der Waals surface area contributed by atoms with Crippen LogP contribution in [0.3, 0.4) is 0 Å². The number of benzene rings is 1. The Morgan fingerprint density at radius 3 is 2.60 bits per heavy atom. The molecule has 2 rings (SSSR count). The summed E-state index contributed by atoms with van der Waals surface area (Å²) in [4.78, 5) is 23.7. The molecule has 5 nitrogen and oxygen atoms in total. The lowest BCUT2D eigenvalue weighted by molar-refractivity contribution is -0.142. The number of anilines is 1. The van der Waals surface area contributed by atoms with E-state index in [9.17, 15) is 9.59 Å². The second-order valence-electron chi connectivity index (χ2n) is 4.67. The first-order valence-corrected chi connectivity index (χ1v) is 6.73. The van der Waals surface area contributed by atoms with Crippen molar-refractivity contribution in [1.29, 1.82) is 0 Å². The molecule has 1 heterocycles. The summed E-state index contributed by atoms with van der Waals surface area (Å²) in [6.45, 7) is 1.46. The highest BCUT2D eigenvalue weighted by molar-refractivity contribution is 6.36. The molecule has 108 valence electrons. The summed E-state index contributed by atoms with van der Waals surface area (Å²) in [7, 11) is 1.28. The van der Waals surface area contributed by atoms with Crippen LogP contribution in [-0.4, -0.2) is 24.9 Å². The Balaban J connectivity index is 2.59. The van der Waals surface area contributed by atoms with Crippen molar-refractivity contribution >= 4 is 40.6 Å². The molecule has 0 fully saturated rings. The largest absolute Gasteiger partial charge is 0.467 e. The summed E-state index contributed by atoms with van der Waals surface area (Å²) in [5, 5.41) is 2.02. The van der Waals surface area contributed by atoms with Crippen LogP contribution < -0.4 is 10.9 Å². The molecular formula is C13H14Cl2N2O3. The Morgan fingerprint density at radius 2 is 2.05 bits per heavy atom. The predicted octanol–water partition coefficient (Wildman–Crippen LogP) is 2.29. The number of carbonyl (C=O) groups is 2. The number of carbonyl (C=O) groups excluding carboxylic acids is 2. The van der Waals surface area contributed by atoms with Crippen LogP contribution in [-0.2, 0) is 14.3 Å². The first-order valence-electron chi connectivity index (χ1n) is 5.98. The predicted molar refractivity (Wildman–Crippen MR) is 77.0 cm³/mol. The van der Waals surface area contributed by atoms with Gasteiger partial charge in [-0.25, -0.2) is 10.6 Å². The van der Waals surface area contributed by atoms with Crippen LogP contribution in [0.4, 0.5) is 5.69 Å². The average Bonchev–Trinajstić information content (AvgIpc) is 2.38. The van der Waals surface area contributed by atoms with Crippen molar-refractivity contribution in [2.24, 2.45) is 5.84 Å². The van der Waals surface area contributed by atoms with E-state index in [-0.39, 0.29) is 12.2 Å². The van der Waals surface area contributed by atoms with Gasteiger partial charge in [-0.15, -0.1) is 0 Å². The van der Waals surface area contributed by atoms with Crippen molar-refractivity contribution in [3.8, 4) is 0 Å². The Labute approximate surface area is 126 Å². The highest BCUT2D eigenvalue weighted by Gasteiger charge is 2.39. The Kier molecular flexibility index (Phi) is 4.22. The molecule has 0 amide bonds. The molecule has 1 aliphatic rings. The van der Waals surface area contributed by atoms with Gasteiger partial charge >= 0.3 is 5.97 Å². The van der Waals surface area contributed by atoms with Crippen molar-refractivity contribution in [2.75, 3.05) is 12.1 Å². The van der Waals surface area contributed by atoms with Gasteiger partial charge in [0.25, 0.3) is 0 Å². The highest BCUT2D eigenvalue weighted by Crippen LogP contribution is 2.43. The SMILES string of the molecule is COC(=O)[C@H]1C[C@H](C(C)=O)c2c(Cl)cc(Cl)cc2N1N. The third kappa shape index (κ3) is 2.49. The van der Waals surface area contributed by atoms with Crippen LogP contribution in [0.1, 0.15) is 24.8 Å². The molecule has 2 N–H and O–H groups in total. The summed E-state index contributed by atoms with van der Waals surface area (Å²) in [6, 6.07) is 2.41. The molecule has 0 saturated carbocycles. The van der Waals surface area contributed by atoms with Crippen LogP contribution in [0.25, 0.3) is 0 Å². The molecule has 0 aromatic heterocycles. The van der Waals surface area contributed by atoms with E-state index >= 15 is 0 Å². The van der Waals surface area contributed by atoms with Gasteiger partial charge in [0.1, 0.15) is 11.8 Å². The molecule has 20 heavy (non-hydrogen) atoms. The number of hydrogen-bond acceptors (Lipinski definition) is 5. The first-order chi connectivity index (χ1) is 9.36. The van der Waals surface area contributed by atoms with E-state index in [1.807, 2.05) is 0 Å². The van der Waals surface area contributed by atoms with Crippen LogP contribution in [0.2, 0.25) is 10.0 Å². The van der Waals surface area contributed by atoms with Gasteiger partial charge in [-0.05, 0) is 25.5 Å². The maximum absolute atomic E-state index is 11.9. The minimum Gasteiger partial charge on any atom is -0.467 e. The number of methoxy groups -OCH3 is 1. The van der Waals surface area contributed by atoms with Crippen LogP contribution in [0.5, 0.6) is 0 Å². The molecular weight excluding hydrogens is 303 g/mol. The van der Waals surface area contributed by atoms with Gasteiger partial charge < -0.3 is 4.74 Å². The fourth-order valence-corrected chi connectivity index (χ4v) is 3.08. The maximum Gasteiger partial charge on any atom is 0.330 e. The molecule has 2 atom stereocenters.